The molecule has 0 radical (unpaired) electrons. The number of nitrogens with zero attached hydrogens (tertiary/aromatic N) is 2. The van der Waals surface area contributed by atoms with Gasteiger partial charge in [0.05, 0.1) is 17.6 Å². The lowest BCUT2D eigenvalue weighted by Gasteiger charge is -2.08. The summed E-state index contributed by atoms with van der Waals surface area (Å²) in [6, 6.07) is 26.4. The van der Waals surface area contributed by atoms with E-state index in [0.29, 0.717) is 5.02 Å². The lowest BCUT2D eigenvalue weighted by molar-refractivity contribution is 1.07. The van der Waals surface area contributed by atoms with Crippen molar-refractivity contribution in [1.82, 2.24) is 4.57 Å². The van der Waals surface area contributed by atoms with Gasteiger partial charge in [-0.1, -0.05) is 48.0 Å². The van der Waals surface area contributed by atoms with Gasteiger partial charge in [0.1, 0.15) is 0 Å². The fourth-order valence-corrected chi connectivity index (χ4v) is 2.94. The minimum absolute atomic E-state index is 0.689. The molecule has 1 heterocycles. The van der Waals surface area contributed by atoms with Gasteiger partial charge >= 0.3 is 0 Å². The summed E-state index contributed by atoms with van der Waals surface area (Å²) >= 11 is 6.01. The van der Waals surface area contributed by atoms with Crippen LogP contribution in [0, 0.1) is 0 Å². The second-order valence-corrected chi connectivity index (χ2v) is 6.01. The molecule has 0 bridgehead atoms. The molecule has 4 rings (SSSR count). The predicted molar refractivity (Wildman–Crippen MR) is 102 cm³/mol. The third-order valence-electron chi connectivity index (χ3n) is 3.95. The zero-order chi connectivity index (χ0) is 16.4. The molecular weight excluding hydrogens is 316 g/mol. The Bertz CT molecular complexity index is 1030. The van der Waals surface area contributed by atoms with Gasteiger partial charge < -0.3 is 4.57 Å². The summed E-state index contributed by atoms with van der Waals surface area (Å²) in [5, 5.41) is 3.15. The zero-order valence-corrected chi connectivity index (χ0v) is 13.7. The molecule has 0 saturated heterocycles. The molecule has 1 aromatic heterocycles. The molecule has 0 aliphatic rings. The van der Waals surface area contributed by atoms with Crippen LogP contribution >= 0.6 is 11.6 Å². The van der Waals surface area contributed by atoms with E-state index in [1.165, 1.54) is 10.8 Å². The maximum atomic E-state index is 6.01. The predicted octanol–water partition coefficient (Wildman–Crippen LogP) is 6.03. The molecule has 0 fully saturated rings. The number of fused-ring (bicyclic) bond motifs is 1. The molecule has 0 saturated carbocycles. The van der Waals surface area contributed by atoms with Crippen molar-refractivity contribution < 1.29 is 0 Å². The molecule has 0 aliphatic carbocycles. The van der Waals surface area contributed by atoms with Crippen molar-refractivity contribution in [3.05, 3.63) is 95.8 Å². The highest BCUT2D eigenvalue weighted by atomic mass is 35.5. The lowest BCUT2D eigenvalue weighted by atomic mass is 10.1. The quantitative estimate of drug-likeness (QED) is 0.408. The number of hydrogen-bond acceptors (Lipinski definition) is 1. The van der Waals surface area contributed by atoms with E-state index in [9.17, 15) is 0 Å². The van der Waals surface area contributed by atoms with E-state index in [1.54, 1.807) is 0 Å². The monoisotopic (exact) mass is 330 g/mol. The Labute approximate surface area is 145 Å². The van der Waals surface area contributed by atoms with Crippen LogP contribution in [0.2, 0.25) is 5.02 Å². The highest BCUT2D eigenvalue weighted by Gasteiger charge is 2.02. The van der Waals surface area contributed by atoms with E-state index in [2.05, 4.69) is 52.0 Å². The maximum absolute atomic E-state index is 6.01. The minimum Gasteiger partial charge on any atom is -0.316 e. The first kappa shape index (κ1) is 14.7. The van der Waals surface area contributed by atoms with E-state index < -0.39 is 0 Å². The molecule has 0 N–H and O–H groups in total. The van der Waals surface area contributed by atoms with Crippen LogP contribution in [0.5, 0.6) is 0 Å². The number of halogens is 1. The fourth-order valence-electron chi connectivity index (χ4n) is 2.76. The van der Waals surface area contributed by atoms with Crippen LogP contribution in [0.1, 0.15) is 5.69 Å². The number of benzene rings is 3. The van der Waals surface area contributed by atoms with E-state index in [0.717, 1.165) is 17.1 Å². The summed E-state index contributed by atoms with van der Waals surface area (Å²) in [5.41, 5.74) is 2.98. The fraction of sp³-hybridized carbons (Fsp3) is 0. The van der Waals surface area contributed by atoms with Crippen LogP contribution in [-0.4, -0.2) is 10.8 Å². The Morgan fingerprint density at radius 3 is 2.54 bits per heavy atom. The van der Waals surface area contributed by atoms with Crippen LogP contribution in [0.3, 0.4) is 0 Å². The molecule has 0 atom stereocenters. The molecule has 3 aromatic carbocycles. The first-order chi connectivity index (χ1) is 11.8. The summed E-state index contributed by atoms with van der Waals surface area (Å²) in [7, 11) is 0. The molecule has 4 aromatic rings. The van der Waals surface area contributed by atoms with Crippen molar-refractivity contribution in [2.45, 2.75) is 0 Å². The van der Waals surface area contributed by atoms with Gasteiger partial charge in [0.25, 0.3) is 0 Å². The van der Waals surface area contributed by atoms with Crippen molar-refractivity contribution in [1.29, 1.82) is 0 Å². The zero-order valence-electron chi connectivity index (χ0n) is 12.9. The number of hydrogen-bond donors (Lipinski definition) is 0. The summed E-state index contributed by atoms with van der Waals surface area (Å²) in [6.45, 7) is 0. The Balaban J connectivity index is 1.71. The van der Waals surface area contributed by atoms with Gasteiger partial charge in [0.2, 0.25) is 0 Å². The van der Waals surface area contributed by atoms with Gasteiger partial charge in [-0.3, -0.25) is 4.99 Å². The van der Waals surface area contributed by atoms with Gasteiger partial charge in [-0.05, 0) is 53.2 Å². The summed E-state index contributed by atoms with van der Waals surface area (Å²) in [5.74, 6) is 0. The smallest absolute Gasteiger partial charge is 0.0645 e. The first-order valence-corrected chi connectivity index (χ1v) is 8.13. The summed E-state index contributed by atoms with van der Waals surface area (Å²) in [6.07, 6.45) is 3.91. The SMILES string of the molecule is Clc1cccc(N=Cc2cccn2-c2ccc3ccccc3c2)c1. The molecule has 0 amide bonds. The topological polar surface area (TPSA) is 17.3 Å². The van der Waals surface area contributed by atoms with Gasteiger partial charge in [-0.25, -0.2) is 0 Å². The molecule has 0 aliphatic heterocycles. The second-order valence-electron chi connectivity index (χ2n) is 5.57. The minimum atomic E-state index is 0.689. The van der Waals surface area contributed by atoms with Crippen molar-refractivity contribution in [3.8, 4) is 5.69 Å². The van der Waals surface area contributed by atoms with E-state index in [1.807, 2.05) is 48.8 Å². The van der Waals surface area contributed by atoms with Crippen LogP contribution < -0.4 is 0 Å². The first-order valence-electron chi connectivity index (χ1n) is 7.76. The summed E-state index contributed by atoms with van der Waals surface area (Å²) in [4.78, 5) is 4.53. The highest BCUT2D eigenvalue weighted by molar-refractivity contribution is 6.30. The Kier molecular flexibility index (Phi) is 3.89. The van der Waals surface area contributed by atoms with Gasteiger partial charge in [0, 0.05) is 16.9 Å². The Hall–Kier alpha value is -2.84. The van der Waals surface area contributed by atoms with Crippen LogP contribution in [-0.2, 0) is 0 Å². The molecule has 0 unspecified atom stereocenters. The van der Waals surface area contributed by atoms with Crippen molar-refractivity contribution >= 4 is 34.3 Å². The van der Waals surface area contributed by atoms with Gasteiger partial charge in [-0.2, -0.15) is 0 Å². The molecular formula is C21H15ClN2. The van der Waals surface area contributed by atoms with E-state index >= 15 is 0 Å². The standard InChI is InChI=1S/C21H15ClN2/c22-18-7-3-8-19(14-18)23-15-21-9-4-12-24(21)20-11-10-16-5-1-2-6-17(16)13-20/h1-15H. The highest BCUT2D eigenvalue weighted by Crippen LogP contribution is 2.21. The normalized spacial score (nSPS) is 11.4. The third kappa shape index (κ3) is 2.97. The van der Waals surface area contributed by atoms with Crippen LogP contribution in [0.25, 0.3) is 16.5 Å². The number of aliphatic imine (C=N–C) groups is 1. The second kappa shape index (κ2) is 6.34. The largest absolute Gasteiger partial charge is 0.316 e. The molecule has 2 nitrogen and oxygen atoms in total. The van der Waals surface area contributed by atoms with E-state index in [4.69, 9.17) is 11.6 Å². The Morgan fingerprint density at radius 2 is 1.67 bits per heavy atom. The van der Waals surface area contributed by atoms with Gasteiger partial charge in [-0.15, -0.1) is 0 Å². The lowest BCUT2D eigenvalue weighted by Crippen LogP contribution is -1.97. The maximum Gasteiger partial charge on any atom is 0.0645 e. The summed E-state index contributed by atoms with van der Waals surface area (Å²) < 4.78 is 2.13. The molecule has 24 heavy (non-hydrogen) atoms. The third-order valence-corrected chi connectivity index (χ3v) is 4.18. The Morgan fingerprint density at radius 1 is 0.792 bits per heavy atom. The molecule has 3 heteroatoms. The number of rotatable bonds is 3. The average Bonchev–Trinajstić information content (AvgIpc) is 3.08. The van der Waals surface area contributed by atoms with Gasteiger partial charge in [0.15, 0.2) is 0 Å². The van der Waals surface area contributed by atoms with Crippen LogP contribution in [0.4, 0.5) is 5.69 Å². The average molecular weight is 331 g/mol. The molecule has 116 valence electrons. The van der Waals surface area contributed by atoms with Crippen LogP contribution in [0.15, 0.2) is 90.1 Å². The van der Waals surface area contributed by atoms with Crippen molar-refractivity contribution in [3.63, 3.8) is 0 Å². The van der Waals surface area contributed by atoms with Crippen molar-refractivity contribution in [2.24, 2.45) is 4.99 Å². The number of aromatic nitrogens is 1. The van der Waals surface area contributed by atoms with E-state index in [-0.39, 0.29) is 0 Å². The van der Waals surface area contributed by atoms with Crippen molar-refractivity contribution in [2.75, 3.05) is 0 Å². The molecule has 0 spiro atoms.